The first-order chi connectivity index (χ1) is 10.4. The molecule has 0 fully saturated rings. The highest BCUT2D eigenvalue weighted by Crippen LogP contribution is 2.19. The van der Waals surface area contributed by atoms with Gasteiger partial charge in [-0.3, -0.25) is 4.79 Å². The van der Waals surface area contributed by atoms with E-state index in [1.807, 2.05) is 13.8 Å². The third-order valence-corrected chi connectivity index (χ3v) is 3.81. The van der Waals surface area contributed by atoms with E-state index in [1.54, 1.807) is 24.3 Å². The lowest BCUT2D eigenvalue weighted by Gasteiger charge is -2.11. The minimum atomic E-state index is -0.399. The molecule has 2 aromatic carbocycles. The lowest BCUT2D eigenvalue weighted by Crippen LogP contribution is -2.08. The first kappa shape index (κ1) is 16.0. The summed E-state index contributed by atoms with van der Waals surface area (Å²) in [5.74, 6) is -0.351. The van der Waals surface area contributed by atoms with Crippen LogP contribution in [0.5, 0.6) is 0 Å². The zero-order chi connectivity index (χ0) is 16.3. The normalized spacial score (nSPS) is 10.4. The second-order valence-corrected chi connectivity index (χ2v) is 5.55. The van der Waals surface area contributed by atoms with Gasteiger partial charge >= 0.3 is 5.97 Å². The van der Waals surface area contributed by atoms with E-state index in [1.165, 1.54) is 12.7 Å². The van der Waals surface area contributed by atoms with E-state index in [4.69, 9.17) is 0 Å². The van der Waals surface area contributed by atoms with Crippen molar-refractivity contribution in [3.63, 3.8) is 0 Å². The van der Waals surface area contributed by atoms with Crippen LogP contribution in [-0.2, 0) is 11.2 Å². The van der Waals surface area contributed by atoms with Crippen LogP contribution in [0.3, 0.4) is 0 Å². The van der Waals surface area contributed by atoms with Gasteiger partial charge < -0.3 is 4.74 Å². The number of carbonyl (C=O) groups excluding carboxylic acids is 2. The third-order valence-electron chi connectivity index (χ3n) is 3.81. The largest absolute Gasteiger partial charge is 0.465 e. The summed E-state index contributed by atoms with van der Waals surface area (Å²) < 4.78 is 4.65. The predicted octanol–water partition coefficient (Wildman–Crippen LogP) is 3.82. The van der Waals surface area contributed by atoms with Gasteiger partial charge in [-0.05, 0) is 49.6 Å². The maximum atomic E-state index is 12.4. The van der Waals surface area contributed by atoms with Crippen LogP contribution in [-0.4, -0.2) is 18.9 Å². The van der Waals surface area contributed by atoms with Gasteiger partial charge in [-0.2, -0.15) is 0 Å². The van der Waals surface area contributed by atoms with Crippen molar-refractivity contribution in [3.05, 3.63) is 69.8 Å². The molecular weight excluding hydrogens is 276 g/mol. The first-order valence-electron chi connectivity index (χ1n) is 7.20. The van der Waals surface area contributed by atoms with E-state index in [2.05, 4.69) is 23.8 Å². The lowest BCUT2D eigenvalue weighted by molar-refractivity contribution is 0.0600. The molecule has 0 aliphatic rings. The van der Waals surface area contributed by atoms with Crippen LogP contribution in [0.15, 0.2) is 36.4 Å². The first-order valence-corrected chi connectivity index (χ1v) is 7.20. The van der Waals surface area contributed by atoms with Crippen molar-refractivity contribution in [1.82, 2.24) is 0 Å². The van der Waals surface area contributed by atoms with Gasteiger partial charge in [0.1, 0.15) is 0 Å². The molecule has 3 nitrogen and oxygen atoms in total. The number of hydrogen-bond donors (Lipinski definition) is 0. The van der Waals surface area contributed by atoms with E-state index in [0.717, 1.165) is 16.7 Å². The SMILES string of the molecule is COC(=O)c1ccc(C(=O)Cc2c(C)cc(C)cc2C)cc1. The van der Waals surface area contributed by atoms with Gasteiger partial charge in [0.05, 0.1) is 12.7 Å². The fraction of sp³-hybridized carbons (Fsp3) is 0.263. The molecule has 0 aromatic heterocycles. The van der Waals surface area contributed by atoms with Gasteiger partial charge in [0.25, 0.3) is 0 Å². The molecule has 114 valence electrons. The summed E-state index contributed by atoms with van der Waals surface area (Å²) in [5.41, 5.74) is 5.60. The fourth-order valence-electron chi connectivity index (χ4n) is 2.66. The summed E-state index contributed by atoms with van der Waals surface area (Å²) >= 11 is 0. The van der Waals surface area contributed by atoms with Crippen molar-refractivity contribution in [2.75, 3.05) is 7.11 Å². The molecule has 0 spiro atoms. The summed E-state index contributed by atoms with van der Waals surface area (Å²) in [4.78, 5) is 23.8. The summed E-state index contributed by atoms with van der Waals surface area (Å²) in [6.45, 7) is 6.11. The van der Waals surface area contributed by atoms with E-state index in [9.17, 15) is 9.59 Å². The summed E-state index contributed by atoms with van der Waals surface area (Å²) in [7, 11) is 1.34. The number of ether oxygens (including phenoxy) is 1. The smallest absolute Gasteiger partial charge is 0.337 e. The number of Topliss-reactive ketones (excluding diaryl/α,β-unsaturated/α-hetero) is 1. The van der Waals surface area contributed by atoms with Gasteiger partial charge in [-0.1, -0.05) is 29.8 Å². The average molecular weight is 296 g/mol. The number of carbonyl (C=O) groups is 2. The number of rotatable bonds is 4. The Bertz CT molecular complexity index is 689. The number of esters is 1. The molecule has 0 heterocycles. The highest BCUT2D eigenvalue weighted by Gasteiger charge is 2.12. The van der Waals surface area contributed by atoms with Gasteiger partial charge in [0.2, 0.25) is 0 Å². The molecule has 0 aliphatic carbocycles. The molecule has 3 heteroatoms. The number of hydrogen-bond acceptors (Lipinski definition) is 3. The Morgan fingerprint density at radius 1 is 0.909 bits per heavy atom. The van der Waals surface area contributed by atoms with Crippen LogP contribution in [0.25, 0.3) is 0 Å². The molecule has 0 saturated carbocycles. The highest BCUT2D eigenvalue weighted by molar-refractivity contribution is 5.99. The summed E-state index contributed by atoms with van der Waals surface area (Å²) in [6.07, 6.45) is 0.371. The van der Waals surface area contributed by atoms with Crippen LogP contribution in [0.1, 0.15) is 43.0 Å². The van der Waals surface area contributed by atoms with Gasteiger partial charge in [-0.25, -0.2) is 4.79 Å². The van der Waals surface area contributed by atoms with Crippen LogP contribution in [0.4, 0.5) is 0 Å². The Kier molecular flexibility index (Phi) is 4.76. The van der Waals surface area contributed by atoms with Crippen molar-refractivity contribution in [1.29, 1.82) is 0 Å². The molecule has 0 bridgehead atoms. The van der Waals surface area contributed by atoms with Gasteiger partial charge in [-0.15, -0.1) is 0 Å². The van der Waals surface area contributed by atoms with E-state index < -0.39 is 5.97 Å². The molecule has 2 aromatic rings. The van der Waals surface area contributed by atoms with Crippen molar-refractivity contribution in [3.8, 4) is 0 Å². The molecule has 0 unspecified atom stereocenters. The molecule has 0 saturated heterocycles. The van der Waals surface area contributed by atoms with Gasteiger partial charge in [0.15, 0.2) is 5.78 Å². The highest BCUT2D eigenvalue weighted by atomic mass is 16.5. The fourth-order valence-corrected chi connectivity index (χ4v) is 2.66. The van der Waals surface area contributed by atoms with Crippen LogP contribution < -0.4 is 0 Å². The zero-order valence-corrected chi connectivity index (χ0v) is 13.4. The second-order valence-electron chi connectivity index (χ2n) is 5.55. The van der Waals surface area contributed by atoms with Crippen LogP contribution >= 0.6 is 0 Å². The second kappa shape index (κ2) is 6.56. The molecule has 0 radical (unpaired) electrons. The lowest BCUT2D eigenvalue weighted by atomic mass is 9.93. The van der Waals surface area contributed by atoms with Crippen molar-refractivity contribution in [2.45, 2.75) is 27.2 Å². The monoisotopic (exact) mass is 296 g/mol. The average Bonchev–Trinajstić information content (AvgIpc) is 2.50. The Morgan fingerprint density at radius 3 is 1.91 bits per heavy atom. The molecular formula is C19H20O3. The maximum absolute atomic E-state index is 12.4. The van der Waals surface area contributed by atoms with Crippen molar-refractivity contribution in [2.24, 2.45) is 0 Å². The number of methoxy groups -OCH3 is 1. The summed E-state index contributed by atoms with van der Waals surface area (Å²) in [6, 6.07) is 10.8. The number of aryl methyl sites for hydroxylation is 3. The number of benzene rings is 2. The minimum Gasteiger partial charge on any atom is -0.465 e. The van der Waals surface area contributed by atoms with E-state index in [0.29, 0.717) is 17.5 Å². The Morgan fingerprint density at radius 2 is 1.41 bits per heavy atom. The maximum Gasteiger partial charge on any atom is 0.337 e. The van der Waals surface area contributed by atoms with Crippen molar-refractivity contribution < 1.29 is 14.3 Å². The molecule has 0 amide bonds. The molecule has 22 heavy (non-hydrogen) atoms. The van der Waals surface area contributed by atoms with Gasteiger partial charge in [0, 0.05) is 12.0 Å². The quantitative estimate of drug-likeness (QED) is 0.636. The number of ketones is 1. The molecule has 2 rings (SSSR count). The molecule has 0 aliphatic heterocycles. The van der Waals surface area contributed by atoms with E-state index in [-0.39, 0.29) is 5.78 Å². The Hall–Kier alpha value is -2.42. The van der Waals surface area contributed by atoms with Crippen LogP contribution in [0.2, 0.25) is 0 Å². The minimum absolute atomic E-state index is 0.0477. The summed E-state index contributed by atoms with van der Waals surface area (Å²) in [5, 5.41) is 0. The zero-order valence-electron chi connectivity index (χ0n) is 13.4. The predicted molar refractivity (Wildman–Crippen MR) is 86.5 cm³/mol. The third kappa shape index (κ3) is 3.42. The van der Waals surface area contributed by atoms with E-state index >= 15 is 0 Å². The standard InChI is InChI=1S/C19H20O3/c1-12-9-13(2)17(14(3)10-12)11-18(20)15-5-7-16(8-6-15)19(21)22-4/h5-10H,11H2,1-4H3. The Labute approximate surface area is 130 Å². The topological polar surface area (TPSA) is 43.4 Å². The Balaban J connectivity index is 2.21. The van der Waals surface area contributed by atoms with Crippen molar-refractivity contribution >= 4 is 11.8 Å². The molecule has 0 atom stereocenters. The molecule has 0 N–H and O–H groups in total. The van der Waals surface area contributed by atoms with Crippen LogP contribution in [0, 0.1) is 20.8 Å².